The van der Waals surface area contributed by atoms with Crippen LogP contribution in [-0.4, -0.2) is 61.6 Å². The van der Waals surface area contributed by atoms with Gasteiger partial charge in [-0.05, 0) is 55.8 Å². The summed E-state index contributed by atoms with van der Waals surface area (Å²) in [5, 5.41) is 0. The monoisotopic (exact) mass is 630 g/mol. The molecule has 4 fully saturated rings. The minimum atomic E-state index is -5.91. The third-order valence-electron chi connectivity index (χ3n) is 9.86. The quantitative estimate of drug-likeness (QED) is 0.268. The summed E-state index contributed by atoms with van der Waals surface area (Å²) in [7, 11) is -11.8. The maximum atomic E-state index is 13.8. The van der Waals surface area contributed by atoms with E-state index in [0.29, 0.717) is 25.7 Å². The fourth-order valence-corrected chi connectivity index (χ4v) is 10.5. The number of nitrogens with zero attached hydrogens (tertiary/aromatic N) is 2. The molecule has 0 heterocycles. The highest BCUT2D eigenvalue weighted by molar-refractivity contribution is 7.90. The molecule has 0 spiro atoms. The maximum absolute atomic E-state index is 13.8. The van der Waals surface area contributed by atoms with Gasteiger partial charge in [-0.3, -0.25) is 0 Å². The Balaban J connectivity index is 1.63. The first kappa shape index (κ1) is 32.4. The molecule has 14 heteroatoms. The van der Waals surface area contributed by atoms with Gasteiger partial charge in [0.2, 0.25) is 0 Å². The highest BCUT2D eigenvalue weighted by atomic mass is 32.2. The van der Waals surface area contributed by atoms with E-state index in [0.717, 1.165) is 25.7 Å². The van der Waals surface area contributed by atoms with Crippen molar-refractivity contribution in [1.29, 1.82) is 0 Å². The minimum absolute atomic E-state index is 0.0546. The second-order valence-electron chi connectivity index (χ2n) is 11.9. The number of fused-ring (bicyclic) bond motifs is 2. The Morgan fingerprint density at radius 3 is 1.29 bits per heavy atom. The lowest BCUT2D eigenvalue weighted by Crippen LogP contribution is -2.51. The Hall–Kier alpha value is -1.48. The van der Waals surface area contributed by atoms with Gasteiger partial charge in [0.1, 0.15) is 0 Å². The molecule has 0 unspecified atom stereocenters. The zero-order valence-electron chi connectivity index (χ0n) is 22.6. The molecular weight excluding hydrogens is 594 g/mol. The van der Waals surface area contributed by atoms with E-state index in [2.05, 4.69) is 11.8 Å². The molecule has 4 aliphatic rings. The van der Waals surface area contributed by atoms with Crippen LogP contribution in [0, 0.1) is 60.2 Å². The summed E-state index contributed by atoms with van der Waals surface area (Å²) in [6.45, 7) is -1.65. The molecule has 0 amide bonds. The average molecular weight is 631 g/mol. The minimum Gasteiger partial charge on any atom is -0.203 e. The van der Waals surface area contributed by atoms with Crippen LogP contribution < -0.4 is 0 Å². The number of hydrogen-bond donors (Lipinski definition) is 0. The van der Waals surface area contributed by atoms with Crippen LogP contribution in [0.1, 0.15) is 70.6 Å². The van der Waals surface area contributed by atoms with E-state index in [4.69, 9.17) is 12.8 Å². The molecule has 6 nitrogen and oxygen atoms in total. The molecule has 0 aromatic heterocycles. The zero-order chi connectivity index (χ0) is 30.4. The van der Waals surface area contributed by atoms with Gasteiger partial charge in [0.05, 0.1) is 0 Å². The summed E-state index contributed by atoms with van der Waals surface area (Å²) < 4.78 is 135. The molecule has 4 aliphatic carbocycles. The van der Waals surface area contributed by atoms with Gasteiger partial charge >= 0.3 is 31.1 Å². The van der Waals surface area contributed by atoms with Gasteiger partial charge in [0, 0.05) is 37.0 Å². The fraction of sp³-hybridized carbons (Fsp3) is 0.852. The molecular formula is C27H36F6N2O4S2. The molecule has 0 saturated heterocycles. The van der Waals surface area contributed by atoms with Crippen LogP contribution >= 0.6 is 0 Å². The van der Waals surface area contributed by atoms with E-state index in [-0.39, 0.29) is 45.1 Å². The summed E-state index contributed by atoms with van der Waals surface area (Å²) >= 11 is 0. The van der Waals surface area contributed by atoms with Crippen LogP contribution in [0.2, 0.25) is 0 Å². The van der Waals surface area contributed by atoms with Crippen molar-refractivity contribution in [3.63, 3.8) is 0 Å². The second-order valence-corrected chi connectivity index (χ2v) is 15.6. The lowest BCUT2D eigenvalue weighted by Gasteiger charge is -2.34. The van der Waals surface area contributed by atoms with E-state index >= 15 is 0 Å². The van der Waals surface area contributed by atoms with Gasteiger partial charge in [0.15, 0.2) is 0 Å². The van der Waals surface area contributed by atoms with Crippen LogP contribution in [0.5, 0.6) is 0 Å². The topological polar surface area (TPSA) is 74.8 Å². The number of hydrogen-bond acceptors (Lipinski definition) is 4. The summed E-state index contributed by atoms with van der Waals surface area (Å²) in [6, 6.07) is -2.36. The fourth-order valence-electron chi connectivity index (χ4n) is 8.13. The van der Waals surface area contributed by atoms with Gasteiger partial charge in [-0.15, -0.1) is 24.7 Å². The number of terminal acetylenes is 2. The van der Waals surface area contributed by atoms with Crippen molar-refractivity contribution >= 4 is 20.0 Å². The second kappa shape index (κ2) is 11.9. The number of halogens is 6. The molecule has 8 atom stereocenters. The summed E-state index contributed by atoms with van der Waals surface area (Å²) in [4.78, 5) is 0. The molecule has 0 N–H and O–H groups in total. The molecule has 0 radical (unpaired) electrons. The predicted octanol–water partition coefficient (Wildman–Crippen LogP) is 5.34. The van der Waals surface area contributed by atoms with Crippen molar-refractivity contribution in [2.24, 2.45) is 35.5 Å². The third kappa shape index (κ3) is 6.00. The molecule has 4 rings (SSSR count). The van der Waals surface area contributed by atoms with Crippen LogP contribution in [0.15, 0.2) is 0 Å². The Bertz CT molecular complexity index is 1160. The predicted molar refractivity (Wildman–Crippen MR) is 140 cm³/mol. The Morgan fingerprint density at radius 1 is 0.634 bits per heavy atom. The molecule has 0 aliphatic heterocycles. The van der Waals surface area contributed by atoms with Gasteiger partial charge in [-0.25, -0.2) is 16.8 Å². The smallest absolute Gasteiger partial charge is 0.203 e. The molecule has 4 saturated carbocycles. The first-order chi connectivity index (χ1) is 19.1. The molecule has 232 valence electrons. The van der Waals surface area contributed by atoms with Gasteiger partial charge < -0.3 is 0 Å². The van der Waals surface area contributed by atoms with Crippen LogP contribution in [0.25, 0.3) is 0 Å². The Morgan fingerprint density at radius 2 is 0.976 bits per heavy atom. The summed E-state index contributed by atoms with van der Waals surface area (Å²) in [5.41, 5.74) is -11.3. The highest BCUT2D eigenvalue weighted by Crippen LogP contribution is 2.50. The zero-order valence-corrected chi connectivity index (χ0v) is 24.2. The molecule has 41 heavy (non-hydrogen) atoms. The average Bonchev–Trinajstić information content (AvgIpc) is 3.44. The van der Waals surface area contributed by atoms with Gasteiger partial charge in [0.25, 0.3) is 0 Å². The first-order valence-corrected chi connectivity index (χ1v) is 17.0. The van der Waals surface area contributed by atoms with E-state index in [1.807, 2.05) is 0 Å². The van der Waals surface area contributed by atoms with Gasteiger partial charge in [-0.1, -0.05) is 38.5 Å². The number of sulfonamides is 2. The van der Waals surface area contributed by atoms with Crippen molar-refractivity contribution in [1.82, 2.24) is 8.61 Å². The Labute approximate surface area is 238 Å². The maximum Gasteiger partial charge on any atom is 0.511 e. The summed E-state index contributed by atoms with van der Waals surface area (Å²) in [6.07, 6.45) is 17.1. The lowest BCUT2D eigenvalue weighted by atomic mass is 9.78. The van der Waals surface area contributed by atoms with Crippen molar-refractivity contribution in [2.45, 2.75) is 93.7 Å². The van der Waals surface area contributed by atoms with E-state index in [1.54, 1.807) is 0 Å². The van der Waals surface area contributed by atoms with Gasteiger partial charge in [-0.2, -0.15) is 35.0 Å². The van der Waals surface area contributed by atoms with Crippen molar-refractivity contribution in [3.05, 3.63) is 0 Å². The van der Waals surface area contributed by atoms with Crippen molar-refractivity contribution in [3.8, 4) is 24.7 Å². The van der Waals surface area contributed by atoms with E-state index in [9.17, 15) is 43.2 Å². The third-order valence-corrected chi connectivity index (χ3v) is 13.2. The summed E-state index contributed by atoms with van der Waals surface area (Å²) in [5.74, 6) is 3.03. The molecule has 0 aromatic carbocycles. The molecule has 0 aromatic rings. The Kier molecular flexibility index (Phi) is 9.41. The number of alkyl halides is 6. The molecule has 0 bridgehead atoms. The van der Waals surface area contributed by atoms with E-state index in [1.165, 1.54) is 0 Å². The SMILES string of the molecule is C#C[C@@H]1[C@H]2CCCC[C@@H]2C[C@@H]1N(CCCN([C@H]1C[C@H]2CCCC[C@@H]2[C@H]1C#C)S(=O)(=O)C(F)(F)F)S(=O)(=O)C(F)(F)F. The van der Waals surface area contributed by atoms with Crippen molar-refractivity contribution < 1.29 is 43.2 Å². The standard InChI is InChI=1S/C27H36F6N2O4S2/c1-3-20-22-12-7-5-10-18(22)16-24(20)34(40(36,37)26(28,29)30)14-9-15-35(41(38,39)27(31,32)33)25-17-19-11-6-8-13-23(19)21(25)4-2/h1-2,18-25H,5-17H2/t18-,19-,20-,21-,22+,23+,24+,25+/m1/s1. The van der Waals surface area contributed by atoms with Crippen LogP contribution in [-0.2, 0) is 20.0 Å². The lowest BCUT2D eigenvalue weighted by molar-refractivity contribution is -0.0509. The van der Waals surface area contributed by atoms with Crippen LogP contribution in [0.3, 0.4) is 0 Å². The first-order valence-electron chi connectivity index (χ1n) is 14.1. The normalized spacial score (nSPS) is 34.7. The highest BCUT2D eigenvalue weighted by Gasteiger charge is 2.58. The largest absolute Gasteiger partial charge is 0.511 e. The van der Waals surface area contributed by atoms with Crippen LogP contribution in [0.4, 0.5) is 26.3 Å². The van der Waals surface area contributed by atoms with E-state index < -0.39 is 74.5 Å². The van der Waals surface area contributed by atoms with Crippen molar-refractivity contribution in [2.75, 3.05) is 13.1 Å². The number of rotatable bonds is 8.